The van der Waals surface area contributed by atoms with Crippen molar-refractivity contribution in [2.75, 3.05) is 13.1 Å². The van der Waals surface area contributed by atoms with Crippen LogP contribution in [0.4, 0.5) is 0 Å². The smallest absolute Gasteiger partial charge is 0.248 e. The van der Waals surface area contributed by atoms with Crippen LogP contribution in [0.5, 0.6) is 0 Å². The van der Waals surface area contributed by atoms with E-state index in [-0.39, 0.29) is 35.1 Å². The fraction of sp³-hybridized carbons (Fsp3) is 0.500. The van der Waals surface area contributed by atoms with Crippen LogP contribution in [0.2, 0.25) is 0 Å². The Balaban J connectivity index is 1.82. The topological polar surface area (TPSA) is 92.5 Å². The Morgan fingerprint density at radius 1 is 1.48 bits per heavy atom. The molecule has 1 N–H and O–H groups in total. The molecule has 3 heterocycles. The molecule has 2 aromatic heterocycles. The van der Waals surface area contributed by atoms with Crippen LogP contribution in [0.3, 0.4) is 0 Å². The summed E-state index contributed by atoms with van der Waals surface area (Å²) in [5.74, 6) is -0.223. The Kier molecular flexibility index (Phi) is 6.92. The summed E-state index contributed by atoms with van der Waals surface area (Å²) < 4.78 is 33.4. The Hall–Kier alpha value is -1.97. The van der Waals surface area contributed by atoms with Gasteiger partial charge in [0.25, 0.3) is 0 Å². The zero-order valence-corrected chi connectivity index (χ0v) is 18.6. The van der Waals surface area contributed by atoms with Gasteiger partial charge in [-0.25, -0.2) is 8.42 Å². The van der Waals surface area contributed by atoms with Gasteiger partial charge < -0.3 is 9.84 Å². The third-order valence-corrected chi connectivity index (χ3v) is 7.99. The number of aryl methyl sites for hydroxylation is 1. The predicted octanol–water partition coefficient (Wildman–Crippen LogP) is 3.53. The second-order valence-corrected chi connectivity index (χ2v) is 10.2. The number of aromatic nitrogens is 1. The van der Waals surface area contributed by atoms with Gasteiger partial charge in [0.1, 0.15) is 5.69 Å². The number of carbonyl (C=O) groups excluding carboxylic acids is 1. The summed E-state index contributed by atoms with van der Waals surface area (Å²) in [5.41, 5.74) is 0.321. The number of hydrogen-bond acceptors (Lipinski definition) is 6. The maximum Gasteiger partial charge on any atom is 0.248 e. The molecule has 29 heavy (non-hydrogen) atoms. The molecule has 1 saturated heterocycles. The van der Waals surface area contributed by atoms with E-state index in [2.05, 4.69) is 10.5 Å². The number of rotatable bonds is 7. The molecule has 2 atom stereocenters. The summed E-state index contributed by atoms with van der Waals surface area (Å²) >= 11 is 1.55. The second kappa shape index (κ2) is 9.23. The van der Waals surface area contributed by atoms with E-state index in [1.807, 2.05) is 37.4 Å². The van der Waals surface area contributed by atoms with Gasteiger partial charge in [-0.1, -0.05) is 18.1 Å². The fourth-order valence-electron chi connectivity index (χ4n) is 3.31. The number of amides is 1. The number of hydrogen-bond donors (Lipinski definition) is 1. The molecule has 1 fully saturated rings. The highest BCUT2D eigenvalue weighted by Crippen LogP contribution is 2.29. The number of sulfonamides is 1. The highest BCUT2D eigenvalue weighted by Gasteiger charge is 2.37. The fourth-order valence-corrected chi connectivity index (χ4v) is 5.70. The summed E-state index contributed by atoms with van der Waals surface area (Å²) in [7, 11) is -3.82. The summed E-state index contributed by atoms with van der Waals surface area (Å²) in [6.07, 6.45) is 5.60. The van der Waals surface area contributed by atoms with Crippen LogP contribution in [0.1, 0.15) is 49.4 Å². The van der Waals surface area contributed by atoms with Gasteiger partial charge in [-0.15, -0.1) is 11.3 Å². The molecule has 0 spiro atoms. The number of nitrogens with one attached hydrogen (secondary N) is 1. The molecule has 2 unspecified atom stereocenters. The maximum atomic E-state index is 13.4. The number of carbonyl (C=O) groups is 1. The minimum Gasteiger partial charge on any atom is -0.355 e. The highest BCUT2D eigenvalue weighted by atomic mass is 32.2. The van der Waals surface area contributed by atoms with E-state index >= 15 is 0 Å². The Bertz CT molecular complexity index is 964. The van der Waals surface area contributed by atoms with Crippen LogP contribution < -0.4 is 5.32 Å². The lowest BCUT2D eigenvalue weighted by molar-refractivity contribution is -0.126. The summed E-state index contributed by atoms with van der Waals surface area (Å²) in [4.78, 5) is 13.6. The normalized spacial score (nSPS) is 19.5. The second-order valence-electron chi connectivity index (χ2n) is 7.33. The molecule has 1 aliphatic heterocycles. The van der Waals surface area contributed by atoms with E-state index in [4.69, 9.17) is 4.52 Å². The molecule has 2 aromatic rings. The first-order chi connectivity index (χ1) is 13.8. The minimum absolute atomic E-state index is 0.0730. The van der Waals surface area contributed by atoms with Gasteiger partial charge in [0.15, 0.2) is 10.7 Å². The minimum atomic E-state index is -3.82. The Morgan fingerprint density at radius 3 is 2.97 bits per heavy atom. The summed E-state index contributed by atoms with van der Waals surface area (Å²) in [6, 6.07) is 3.93. The van der Waals surface area contributed by atoms with Gasteiger partial charge in [-0.3, -0.25) is 4.79 Å². The number of thiophene rings is 1. The van der Waals surface area contributed by atoms with Crippen molar-refractivity contribution in [3.05, 3.63) is 33.8 Å². The zero-order chi connectivity index (χ0) is 21.0. The van der Waals surface area contributed by atoms with Crippen LogP contribution in [0.15, 0.2) is 26.9 Å². The largest absolute Gasteiger partial charge is 0.355 e. The maximum absolute atomic E-state index is 13.4. The van der Waals surface area contributed by atoms with Crippen LogP contribution >= 0.6 is 11.3 Å². The van der Waals surface area contributed by atoms with Crippen LogP contribution in [0.25, 0.3) is 12.2 Å². The van der Waals surface area contributed by atoms with E-state index in [9.17, 15) is 13.2 Å². The SMILES string of the molecule is CCC(C)NC(=O)C1CCCN(S(=O)(=O)c2c(C)noc2/C=C/c2cccs2)C1. The van der Waals surface area contributed by atoms with Gasteiger partial charge >= 0.3 is 0 Å². The average Bonchev–Trinajstić information content (AvgIpc) is 3.36. The van der Waals surface area contributed by atoms with Crippen LogP contribution in [-0.2, 0) is 14.8 Å². The third-order valence-electron chi connectivity index (χ3n) is 5.13. The summed E-state index contributed by atoms with van der Waals surface area (Å²) in [5, 5.41) is 8.78. The molecule has 7 nitrogen and oxygen atoms in total. The quantitative estimate of drug-likeness (QED) is 0.715. The van der Waals surface area contributed by atoms with Gasteiger partial charge in [0.2, 0.25) is 15.9 Å². The molecule has 1 aliphatic rings. The molecule has 0 radical (unpaired) electrons. The molecule has 0 bridgehead atoms. The molecule has 0 aliphatic carbocycles. The lowest BCUT2D eigenvalue weighted by Crippen LogP contribution is -2.47. The van der Waals surface area contributed by atoms with Crippen molar-refractivity contribution in [1.82, 2.24) is 14.8 Å². The van der Waals surface area contributed by atoms with Crippen molar-refractivity contribution in [1.29, 1.82) is 0 Å². The average molecular weight is 438 g/mol. The monoisotopic (exact) mass is 437 g/mol. The van der Waals surface area contributed by atoms with Gasteiger partial charge in [0.05, 0.1) is 5.92 Å². The molecular formula is C20H27N3O4S2. The highest BCUT2D eigenvalue weighted by molar-refractivity contribution is 7.89. The summed E-state index contributed by atoms with van der Waals surface area (Å²) in [6.45, 7) is 6.12. The lowest BCUT2D eigenvalue weighted by atomic mass is 9.98. The standard InChI is InChI=1S/C20H27N3O4S2/c1-4-14(2)21-20(24)16-7-5-11-23(13-16)29(25,26)19-15(3)22-27-18(19)10-9-17-8-6-12-28-17/h6,8-10,12,14,16H,4-5,7,11,13H2,1-3H3,(H,21,24)/b10-9+. The van der Waals surface area contributed by atoms with E-state index in [1.165, 1.54) is 4.31 Å². The van der Waals surface area contributed by atoms with Crippen LogP contribution in [0, 0.1) is 12.8 Å². The van der Waals surface area contributed by atoms with Crippen molar-refractivity contribution >= 4 is 39.4 Å². The van der Waals surface area contributed by atoms with E-state index in [0.717, 1.165) is 11.3 Å². The number of nitrogens with zero attached hydrogens (tertiary/aromatic N) is 2. The van der Waals surface area contributed by atoms with Crippen molar-refractivity contribution in [3.8, 4) is 0 Å². The Labute approximate surface area is 175 Å². The third kappa shape index (κ3) is 4.96. The first-order valence-electron chi connectivity index (χ1n) is 9.81. The molecule has 1 amide bonds. The lowest BCUT2D eigenvalue weighted by Gasteiger charge is -2.31. The van der Waals surface area contributed by atoms with Crippen molar-refractivity contribution in [3.63, 3.8) is 0 Å². The first-order valence-corrected chi connectivity index (χ1v) is 12.1. The van der Waals surface area contributed by atoms with E-state index in [1.54, 1.807) is 24.3 Å². The van der Waals surface area contributed by atoms with Gasteiger partial charge in [-0.05, 0) is 56.7 Å². The molecular weight excluding hydrogens is 410 g/mol. The van der Waals surface area contributed by atoms with Gasteiger partial charge in [0, 0.05) is 24.0 Å². The van der Waals surface area contributed by atoms with Gasteiger partial charge in [-0.2, -0.15) is 4.31 Å². The van der Waals surface area contributed by atoms with Crippen molar-refractivity contribution < 1.29 is 17.7 Å². The zero-order valence-electron chi connectivity index (χ0n) is 16.9. The molecule has 3 rings (SSSR count). The van der Waals surface area contributed by atoms with E-state index in [0.29, 0.717) is 25.1 Å². The number of piperidine rings is 1. The van der Waals surface area contributed by atoms with Crippen molar-refractivity contribution in [2.45, 2.75) is 51.0 Å². The molecule has 0 aromatic carbocycles. The van der Waals surface area contributed by atoms with E-state index < -0.39 is 10.0 Å². The first kappa shape index (κ1) is 21.7. The molecule has 158 valence electrons. The van der Waals surface area contributed by atoms with Crippen LogP contribution in [-0.4, -0.2) is 42.9 Å². The molecule has 9 heteroatoms. The van der Waals surface area contributed by atoms with Crippen molar-refractivity contribution in [2.24, 2.45) is 5.92 Å². The predicted molar refractivity (Wildman–Crippen MR) is 114 cm³/mol. The Morgan fingerprint density at radius 2 is 2.28 bits per heavy atom. The molecule has 0 saturated carbocycles.